The quantitative estimate of drug-likeness (QED) is 0.347. The van der Waals surface area contributed by atoms with E-state index in [1.807, 2.05) is 36.4 Å². The van der Waals surface area contributed by atoms with Crippen LogP contribution in [-0.4, -0.2) is 21.7 Å². The summed E-state index contributed by atoms with van der Waals surface area (Å²) in [4.78, 5) is 22.9. The minimum absolute atomic E-state index is 0.0932. The number of nitrogens with zero attached hydrogens (tertiary/aromatic N) is 3. The molecule has 1 aliphatic rings. The zero-order valence-corrected chi connectivity index (χ0v) is 18.6. The average Bonchev–Trinajstić information content (AvgIpc) is 3.24. The zero-order chi connectivity index (χ0) is 22.7. The summed E-state index contributed by atoms with van der Waals surface area (Å²) in [5.41, 5.74) is 1.89. The van der Waals surface area contributed by atoms with E-state index in [0.29, 0.717) is 23.5 Å². The number of para-hydroxylation sites is 1. The van der Waals surface area contributed by atoms with E-state index in [9.17, 15) is 14.9 Å². The third kappa shape index (κ3) is 4.62. The summed E-state index contributed by atoms with van der Waals surface area (Å²) in [6, 6.07) is 20.9. The summed E-state index contributed by atoms with van der Waals surface area (Å²) in [5.74, 6) is 0.326. The van der Waals surface area contributed by atoms with Crippen LogP contribution < -0.4 is 4.74 Å². The van der Waals surface area contributed by atoms with Crippen LogP contribution in [0.3, 0.4) is 0 Å². The number of nitro groups is 1. The van der Waals surface area contributed by atoms with Crippen molar-refractivity contribution in [2.75, 3.05) is 0 Å². The molecule has 0 fully saturated rings. The molecule has 1 amide bonds. The van der Waals surface area contributed by atoms with E-state index in [-0.39, 0.29) is 17.5 Å². The molecule has 1 atom stereocenters. The van der Waals surface area contributed by atoms with Gasteiger partial charge in [0, 0.05) is 29.1 Å². The van der Waals surface area contributed by atoms with Crippen LogP contribution in [0.15, 0.2) is 82.4 Å². The topological polar surface area (TPSA) is 94.3 Å². The van der Waals surface area contributed by atoms with Crippen molar-refractivity contribution >= 4 is 33.4 Å². The molecule has 0 N–H and O–H groups in total. The second-order valence-corrected chi connectivity index (χ2v) is 7.92. The molecule has 0 aromatic heterocycles. The fraction of sp³-hybridized carbons (Fsp3) is 0.130. The molecule has 1 aliphatic heterocycles. The smallest absolute Gasteiger partial charge is 0.270 e. The van der Waals surface area contributed by atoms with E-state index in [0.717, 1.165) is 10.0 Å². The Hall–Kier alpha value is -3.72. The largest absolute Gasteiger partial charge is 0.488 e. The van der Waals surface area contributed by atoms with Crippen molar-refractivity contribution in [3.05, 3.63) is 104 Å². The predicted molar refractivity (Wildman–Crippen MR) is 121 cm³/mol. The van der Waals surface area contributed by atoms with Crippen molar-refractivity contribution in [3.8, 4) is 5.75 Å². The van der Waals surface area contributed by atoms with E-state index in [2.05, 4.69) is 21.0 Å². The van der Waals surface area contributed by atoms with Crippen molar-refractivity contribution in [2.45, 2.75) is 19.8 Å². The molecular weight excluding hydrogens is 478 g/mol. The van der Waals surface area contributed by atoms with E-state index >= 15 is 0 Å². The van der Waals surface area contributed by atoms with Crippen molar-refractivity contribution in [1.29, 1.82) is 0 Å². The number of carbonyl (C=O) groups excluding carboxylic acids is 1. The molecule has 0 saturated carbocycles. The first-order chi connectivity index (χ1) is 15.4. The van der Waals surface area contributed by atoms with E-state index in [4.69, 9.17) is 9.47 Å². The fourth-order valence-electron chi connectivity index (χ4n) is 3.24. The summed E-state index contributed by atoms with van der Waals surface area (Å²) in [6.45, 7) is 1.70. The van der Waals surface area contributed by atoms with Gasteiger partial charge in [-0.1, -0.05) is 46.3 Å². The van der Waals surface area contributed by atoms with Crippen molar-refractivity contribution in [1.82, 2.24) is 5.01 Å². The third-order valence-electron chi connectivity index (χ3n) is 4.74. The van der Waals surface area contributed by atoms with E-state index in [1.165, 1.54) is 24.1 Å². The van der Waals surface area contributed by atoms with Crippen LogP contribution in [-0.2, 0) is 16.1 Å². The lowest BCUT2D eigenvalue weighted by atomic mass is 10.1. The number of ether oxygens (including phenoxy) is 2. The minimum Gasteiger partial charge on any atom is -0.488 e. The maximum absolute atomic E-state index is 12.3. The van der Waals surface area contributed by atoms with Gasteiger partial charge in [-0.05, 0) is 35.9 Å². The number of non-ortho nitro benzene ring substituents is 1. The first-order valence-corrected chi connectivity index (χ1v) is 10.5. The van der Waals surface area contributed by atoms with Gasteiger partial charge in [0.1, 0.15) is 12.4 Å². The van der Waals surface area contributed by atoms with Crippen LogP contribution in [0.2, 0.25) is 0 Å². The van der Waals surface area contributed by atoms with Crippen LogP contribution >= 0.6 is 15.9 Å². The lowest BCUT2D eigenvalue weighted by Crippen LogP contribution is -2.25. The molecule has 9 heteroatoms. The molecule has 0 bridgehead atoms. The molecule has 4 rings (SSSR count). The summed E-state index contributed by atoms with van der Waals surface area (Å²) in [5, 5.41) is 16.6. The molecule has 3 aromatic carbocycles. The van der Waals surface area contributed by atoms with Crippen LogP contribution in [0, 0.1) is 10.1 Å². The Morgan fingerprint density at radius 3 is 2.69 bits per heavy atom. The van der Waals surface area contributed by atoms with Crippen molar-refractivity contribution in [2.24, 2.45) is 5.10 Å². The predicted octanol–water partition coefficient (Wildman–Crippen LogP) is 5.18. The summed E-state index contributed by atoms with van der Waals surface area (Å²) in [6.07, 6.45) is -0.861. The maximum Gasteiger partial charge on any atom is 0.270 e. The summed E-state index contributed by atoms with van der Waals surface area (Å²) in [7, 11) is 0. The molecule has 0 spiro atoms. The molecule has 0 unspecified atom stereocenters. The summed E-state index contributed by atoms with van der Waals surface area (Å²) >= 11 is 3.45. The zero-order valence-electron chi connectivity index (χ0n) is 17.0. The number of hydrazone groups is 1. The Labute approximate surface area is 192 Å². The molecule has 32 heavy (non-hydrogen) atoms. The first-order valence-electron chi connectivity index (χ1n) is 9.68. The lowest BCUT2D eigenvalue weighted by molar-refractivity contribution is -0.384. The molecule has 162 valence electrons. The Bertz CT molecular complexity index is 1210. The molecule has 3 aromatic rings. The number of carbonyl (C=O) groups is 1. The Balaban J connectivity index is 1.61. The van der Waals surface area contributed by atoms with Gasteiger partial charge in [0.2, 0.25) is 18.0 Å². The van der Waals surface area contributed by atoms with Gasteiger partial charge in [-0.15, -0.1) is 5.10 Å². The molecule has 0 radical (unpaired) electrons. The van der Waals surface area contributed by atoms with Crippen LogP contribution in [0.4, 0.5) is 5.69 Å². The van der Waals surface area contributed by atoms with Crippen LogP contribution in [0.1, 0.15) is 29.8 Å². The highest BCUT2D eigenvalue weighted by molar-refractivity contribution is 9.10. The lowest BCUT2D eigenvalue weighted by Gasteiger charge is -2.22. The van der Waals surface area contributed by atoms with Crippen LogP contribution in [0.5, 0.6) is 5.75 Å². The molecule has 0 aliphatic carbocycles. The van der Waals surface area contributed by atoms with Gasteiger partial charge in [-0.2, -0.15) is 5.01 Å². The van der Waals surface area contributed by atoms with Crippen molar-refractivity contribution < 1.29 is 19.2 Å². The standard InChI is InChI=1S/C23H18BrN3O5/c1-15(28)26-23(32-22(25-26)17-7-5-9-19(13-17)27(29)30)20-10-2-3-11-21(20)31-14-16-6-4-8-18(24)12-16/h2-13,23H,14H2,1H3/t23-/m0/s1. The second kappa shape index (κ2) is 9.19. The van der Waals surface area contributed by atoms with Gasteiger partial charge in [0.25, 0.3) is 5.69 Å². The van der Waals surface area contributed by atoms with Crippen molar-refractivity contribution in [3.63, 3.8) is 0 Å². The Morgan fingerprint density at radius 2 is 1.94 bits per heavy atom. The highest BCUT2D eigenvalue weighted by atomic mass is 79.9. The van der Waals surface area contributed by atoms with E-state index < -0.39 is 11.2 Å². The fourth-order valence-corrected chi connectivity index (χ4v) is 3.69. The monoisotopic (exact) mass is 495 g/mol. The highest BCUT2D eigenvalue weighted by Gasteiger charge is 2.35. The number of amides is 1. The maximum atomic E-state index is 12.3. The molecule has 8 nitrogen and oxygen atoms in total. The Kier molecular flexibility index (Phi) is 6.18. The third-order valence-corrected chi connectivity index (χ3v) is 5.23. The number of halogens is 1. The van der Waals surface area contributed by atoms with Gasteiger partial charge in [-0.3, -0.25) is 14.9 Å². The molecular formula is C23H18BrN3O5. The SMILES string of the molecule is CC(=O)N1N=C(c2cccc([N+](=O)[O-])c2)O[C@H]1c1ccccc1OCc1cccc(Br)c1. The minimum atomic E-state index is -0.861. The molecule has 0 saturated heterocycles. The normalized spacial score (nSPS) is 15.1. The van der Waals surface area contributed by atoms with Gasteiger partial charge >= 0.3 is 0 Å². The van der Waals surface area contributed by atoms with Gasteiger partial charge in [0.05, 0.1) is 10.5 Å². The summed E-state index contributed by atoms with van der Waals surface area (Å²) < 4.78 is 13.0. The Morgan fingerprint density at radius 1 is 1.16 bits per heavy atom. The number of hydrogen-bond acceptors (Lipinski definition) is 6. The number of hydrogen-bond donors (Lipinski definition) is 0. The van der Waals surface area contributed by atoms with E-state index in [1.54, 1.807) is 24.3 Å². The van der Waals surface area contributed by atoms with Gasteiger partial charge < -0.3 is 9.47 Å². The number of rotatable bonds is 6. The number of benzene rings is 3. The van der Waals surface area contributed by atoms with Gasteiger partial charge in [0.15, 0.2) is 0 Å². The molecule has 1 heterocycles. The highest BCUT2D eigenvalue weighted by Crippen LogP contribution is 2.36. The first kappa shape index (κ1) is 21.5. The average molecular weight is 496 g/mol. The number of nitro benzene ring substituents is 1. The van der Waals surface area contributed by atoms with Crippen LogP contribution in [0.25, 0.3) is 0 Å². The van der Waals surface area contributed by atoms with Gasteiger partial charge in [-0.25, -0.2) is 0 Å². The second-order valence-electron chi connectivity index (χ2n) is 7.00.